The molecule has 0 radical (unpaired) electrons. The Morgan fingerprint density at radius 2 is 1.85 bits per heavy atom. The second-order valence-electron chi connectivity index (χ2n) is 9.24. The third-order valence-electron chi connectivity index (χ3n) is 6.63. The minimum Gasteiger partial charge on any atom is -0.335 e. The third-order valence-corrected chi connectivity index (χ3v) is 6.63. The summed E-state index contributed by atoms with van der Waals surface area (Å²) in [4.78, 5) is 25.7. The Hall–Kier alpha value is -5.28. The van der Waals surface area contributed by atoms with Crippen molar-refractivity contribution in [3.8, 4) is 22.8 Å². The van der Waals surface area contributed by atoms with Crippen LogP contribution in [0.3, 0.4) is 0 Å². The quantitative estimate of drug-likeness (QED) is 0.203. The highest BCUT2D eigenvalue weighted by atomic mass is 15.2. The predicted octanol–water partition coefficient (Wildman–Crippen LogP) is 5.88. The molecule has 3 N–H and O–H groups in total. The fraction of sp³-hybridized carbons (Fsp3) is 0.0968. The van der Waals surface area contributed by atoms with Gasteiger partial charge in [-0.05, 0) is 43.0 Å². The number of hydrogen-bond acceptors (Lipinski definition) is 7. The summed E-state index contributed by atoms with van der Waals surface area (Å²) in [5.41, 5.74) is 8.15. The van der Waals surface area contributed by atoms with Crippen molar-refractivity contribution in [1.82, 2.24) is 40.4 Å². The van der Waals surface area contributed by atoms with Crippen molar-refractivity contribution in [3.63, 3.8) is 0 Å². The molecule has 5 aromatic heterocycles. The van der Waals surface area contributed by atoms with Gasteiger partial charge in [0.15, 0.2) is 11.6 Å². The van der Waals surface area contributed by atoms with Crippen LogP contribution in [0.4, 0.5) is 5.82 Å². The zero-order valence-corrected chi connectivity index (χ0v) is 22.0. The van der Waals surface area contributed by atoms with Crippen LogP contribution in [0.5, 0.6) is 0 Å². The van der Waals surface area contributed by atoms with Gasteiger partial charge in [-0.15, -0.1) is 0 Å². The van der Waals surface area contributed by atoms with E-state index in [-0.39, 0.29) is 0 Å². The van der Waals surface area contributed by atoms with Crippen LogP contribution in [0, 0.1) is 0 Å². The van der Waals surface area contributed by atoms with Crippen LogP contribution in [-0.4, -0.2) is 41.8 Å². The third kappa shape index (κ3) is 5.05. The van der Waals surface area contributed by atoms with Crippen molar-refractivity contribution in [2.75, 3.05) is 0 Å². The van der Waals surface area contributed by atoms with E-state index >= 15 is 0 Å². The summed E-state index contributed by atoms with van der Waals surface area (Å²) in [5, 5.41) is 12.0. The van der Waals surface area contributed by atoms with Crippen LogP contribution in [0.2, 0.25) is 0 Å². The lowest BCUT2D eigenvalue weighted by molar-refractivity contribution is 0.691. The number of rotatable bonds is 9. The van der Waals surface area contributed by atoms with Gasteiger partial charge in [0.1, 0.15) is 5.69 Å². The van der Waals surface area contributed by atoms with Gasteiger partial charge in [-0.25, -0.2) is 9.98 Å². The molecular weight excluding hydrogens is 498 g/mol. The lowest BCUT2D eigenvalue weighted by atomic mass is 10.0. The maximum Gasteiger partial charge on any atom is 0.178 e. The molecule has 196 valence electrons. The first-order valence-electron chi connectivity index (χ1n) is 12.9. The molecule has 0 aliphatic rings. The number of nitrogens with one attached hydrogen (secondary N) is 3. The van der Waals surface area contributed by atoms with E-state index in [0.29, 0.717) is 23.9 Å². The number of aliphatic imine (C=N–C) groups is 1. The molecule has 0 aliphatic carbocycles. The summed E-state index contributed by atoms with van der Waals surface area (Å²) in [6.07, 6.45) is 11.0. The van der Waals surface area contributed by atoms with Crippen LogP contribution in [0.25, 0.3) is 39.3 Å². The second-order valence-corrected chi connectivity index (χ2v) is 9.24. The first-order valence-corrected chi connectivity index (χ1v) is 12.9. The standard InChI is InChI=1S/C31H27N9/c1-3-24(22-10-7-11-33-17-22)28-30(32-2)38-31(37-28)29-25-13-26(36-19-27(25)39-40-29)23-12-21(16-35-18-23)15-34-14-20-8-5-4-6-9-20/h3-13,16-19,34H,2,14-15H2,1H3,(H,37,38)(H,39,40)/b24-3-. The SMILES string of the molecule is C=Nc1nc(-c2n[nH]c3cnc(-c4cncc(CNCc5ccccc5)c4)cc23)[nH]c1/C(=C\C)c1cccnc1. The van der Waals surface area contributed by atoms with Crippen molar-refractivity contribution < 1.29 is 0 Å². The number of aromatic amines is 2. The molecule has 0 saturated heterocycles. The van der Waals surface area contributed by atoms with E-state index in [4.69, 9.17) is 4.98 Å². The number of pyridine rings is 3. The Bertz CT molecular complexity index is 1800. The van der Waals surface area contributed by atoms with E-state index in [1.165, 1.54) is 5.56 Å². The first-order chi connectivity index (χ1) is 19.7. The van der Waals surface area contributed by atoms with E-state index in [2.05, 4.69) is 65.4 Å². The molecule has 0 atom stereocenters. The van der Waals surface area contributed by atoms with E-state index in [1.54, 1.807) is 12.4 Å². The normalized spacial score (nSPS) is 11.7. The summed E-state index contributed by atoms with van der Waals surface area (Å²) >= 11 is 0. The predicted molar refractivity (Wildman–Crippen MR) is 158 cm³/mol. The van der Waals surface area contributed by atoms with Gasteiger partial charge < -0.3 is 10.3 Å². The lowest BCUT2D eigenvalue weighted by Crippen LogP contribution is -2.12. The van der Waals surface area contributed by atoms with Crippen molar-refractivity contribution in [2.24, 2.45) is 4.99 Å². The molecule has 0 amide bonds. The number of H-pyrrole nitrogens is 2. The van der Waals surface area contributed by atoms with E-state index < -0.39 is 0 Å². The van der Waals surface area contributed by atoms with Gasteiger partial charge in [0.05, 0.1) is 23.1 Å². The lowest BCUT2D eigenvalue weighted by Gasteiger charge is -2.07. The van der Waals surface area contributed by atoms with Crippen molar-refractivity contribution in [1.29, 1.82) is 0 Å². The zero-order chi connectivity index (χ0) is 27.3. The Kier molecular flexibility index (Phi) is 7.02. The fourth-order valence-electron chi connectivity index (χ4n) is 4.68. The Morgan fingerprint density at radius 1 is 0.975 bits per heavy atom. The smallest absolute Gasteiger partial charge is 0.178 e. The molecule has 9 heteroatoms. The van der Waals surface area contributed by atoms with Crippen LogP contribution in [0.1, 0.15) is 29.3 Å². The number of aromatic nitrogens is 7. The highest BCUT2D eigenvalue weighted by molar-refractivity contribution is 5.94. The average Bonchev–Trinajstić information content (AvgIpc) is 3.63. The van der Waals surface area contributed by atoms with Crippen molar-refractivity contribution in [3.05, 3.63) is 114 Å². The first kappa shape index (κ1) is 25.0. The monoisotopic (exact) mass is 525 g/mol. The minimum atomic E-state index is 0.497. The summed E-state index contributed by atoms with van der Waals surface area (Å²) in [6.45, 7) is 7.19. The van der Waals surface area contributed by atoms with Crippen LogP contribution in [0.15, 0.2) is 96.6 Å². The number of nitrogens with zero attached hydrogens (tertiary/aromatic N) is 6. The summed E-state index contributed by atoms with van der Waals surface area (Å²) < 4.78 is 0. The molecule has 0 fully saturated rings. The van der Waals surface area contributed by atoms with Gasteiger partial charge >= 0.3 is 0 Å². The Balaban J connectivity index is 1.30. The Morgan fingerprint density at radius 3 is 2.65 bits per heavy atom. The molecule has 0 bridgehead atoms. The van der Waals surface area contributed by atoms with Gasteiger partial charge in [-0.2, -0.15) is 5.10 Å². The zero-order valence-electron chi connectivity index (χ0n) is 22.0. The second kappa shape index (κ2) is 11.2. The molecule has 6 rings (SSSR count). The van der Waals surface area contributed by atoms with Gasteiger partial charge in [-0.3, -0.25) is 20.1 Å². The summed E-state index contributed by atoms with van der Waals surface area (Å²) in [7, 11) is 0. The van der Waals surface area contributed by atoms with Crippen LogP contribution < -0.4 is 5.32 Å². The number of fused-ring (bicyclic) bond motifs is 1. The van der Waals surface area contributed by atoms with E-state index in [9.17, 15) is 0 Å². The van der Waals surface area contributed by atoms with Gasteiger partial charge in [0, 0.05) is 60.0 Å². The highest BCUT2D eigenvalue weighted by Crippen LogP contribution is 2.34. The van der Waals surface area contributed by atoms with Crippen molar-refractivity contribution in [2.45, 2.75) is 20.0 Å². The molecule has 6 aromatic rings. The molecule has 0 unspecified atom stereocenters. The Labute approximate surface area is 231 Å². The topological polar surface area (TPSA) is 120 Å². The van der Waals surface area contributed by atoms with Crippen molar-refractivity contribution >= 4 is 29.0 Å². The molecule has 9 nitrogen and oxygen atoms in total. The highest BCUT2D eigenvalue weighted by Gasteiger charge is 2.19. The van der Waals surface area contributed by atoms with Gasteiger partial charge in [0.2, 0.25) is 0 Å². The molecule has 1 aromatic carbocycles. The molecule has 0 spiro atoms. The maximum absolute atomic E-state index is 4.72. The number of hydrogen-bond donors (Lipinski definition) is 3. The van der Waals surface area contributed by atoms with Gasteiger partial charge in [-0.1, -0.05) is 42.5 Å². The molecular formula is C31H27N9. The largest absolute Gasteiger partial charge is 0.335 e. The summed E-state index contributed by atoms with van der Waals surface area (Å²) in [6, 6.07) is 18.3. The maximum atomic E-state index is 4.72. The van der Waals surface area contributed by atoms with Crippen LogP contribution >= 0.6 is 0 Å². The molecule has 5 heterocycles. The molecule has 40 heavy (non-hydrogen) atoms. The van der Waals surface area contributed by atoms with E-state index in [0.717, 1.165) is 51.1 Å². The van der Waals surface area contributed by atoms with Gasteiger partial charge in [0.25, 0.3) is 0 Å². The number of imidazole rings is 1. The fourth-order valence-corrected chi connectivity index (χ4v) is 4.68. The number of benzene rings is 1. The summed E-state index contributed by atoms with van der Waals surface area (Å²) in [5.74, 6) is 1.08. The molecule has 0 aliphatic heterocycles. The van der Waals surface area contributed by atoms with E-state index in [1.807, 2.05) is 68.0 Å². The van der Waals surface area contributed by atoms with Crippen LogP contribution in [-0.2, 0) is 13.1 Å². The average molecular weight is 526 g/mol. The minimum absolute atomic E-state index is 0.497. The number of allylic oxidation sites excluding steroid dienone is 1. The molecule has 0 saturated carbocycles.